The first kappa shape index (κ1) is 21.0. The smallest absolute Gasteiger partial charge is 0.317 e. The molecule has 1 fully saturated rings. The third kappa shape index (κ3) is 5.90. The van der Waals surface area contributed by atoms with E-state index in [1.807, 2.05) is 0 Å². The van der Waals surface area contributed by atoms with Crippen molar-refractivity contribution in [1.29, 1.82) is 0 Å². The van der Waals surface area contributed by atoms with E-state index in [4.69, 9.17) is 4.74 Å². The number of benzene rings is 2. The van der Waals surface area contributed by atoms with Crippen molar-refractivity contribution in [3.63, 3.8) is 0 Å². The first-order chi connectivity index (χ1) is 13.9. The molecule has 1 atom stereocenters. The number of nitrogens with zero attached hydrogens (tertiary/aromatic N) is 2. The molecule has 0 bridgehead atoms. The number of hydrogen-bond acceptors (Lipinski definition) is 3. The van der Waals surface area contributed by atoms with Crippen LogP contribution in [0.15, 0.2) is 42.5 Å². The summed E-state index contributed by atoms with van der Waals surface area (Å²) in [6.07, 6.45) is 1.04. The SMILES string of the molecule is COc1ccc(CNC(=O)N(Cc2ccc(F)cc2)C[C@H]2CCN(C)C2)cc1F. The summed E-state index contributed by atoms with van der Waals surface area (Å²) in [5.74, 6) is -0.201. The van der Waals surface area contributed by atoms with Gasteiger partial charge in [-0.25, -0.2) is 13.6 Å². The van der Waals surface area contributed by atoms with Crippen LogP contribution < -0.4 is 10.1 Å². The summed E-state index contributed by atoms with van der Waals surface area (Å²) in [6, 6.07) is 10.6. The van der Waals surface area contributed by atoms with Crippen LogP contribution >= 0.6 is 0 Å². The van der Waals surface area contributed by atoms with Crippen molar-refractivity contribution in [2.75, 3.05) is 33.8 Å². The van der Waals surface area contributed by atoms with E-state index < -0.39 is 5.82 Å². The van der Waals surface area contributed by atoms with Gasteiger partial charge in [0.1, 0.15) is 5.82 Å². The molecule has 0 aliphatic carbocycles. The van der Waals surface area contributed by atoms with Crippen molar-refractivity contribution < 1.29 is 18.3 Å². The molecule has 29 heavy (non-hydrogen) atoms. The van der Waals surface area contributed by atoms with Gasteiger partial charge in [0.25, 0.3) is 0 Å². The maximum Gasteiger partial charge on any atom is 0.317 e. The van der Waals surface area contributed by atoms with E-state index >= 15 is 0 Å². The summed E-state index contributed by atoms with van der Waals surface area (Å²) in [7, 11) is 3.48. The molecule has 0 unspecified atom stereocenters. The molecule has 0 aromatic heterocycles. The molecule has 1 heterocycles. The summed E-state index contributed by atoms with van der Waals surface area (Å²) in [4.78, 5) is 16.9. The minimum atomic E-state index is -0.462. The number of urea groups is 1. The zero-order chi connectivity index (χ0) is 20.8. The molecule has 156 valence electrons. The van der Waals surface area contributed by atoms with Crippen LogP contribution in [0.2, 0.25) is 0 Å². The topological polar surface area (TPSA) is 44.8 Å². The first-order valence-corrected chi connectivity index (χ1v) is 9.72. The van der Waals surface area contributed by atoms with E-state index in [-0.39, 0.29) is 24.1 Å². The maximum absolute atomic E-state index is 13.9. The van der Waals surface area contributed by atoms with Crippen molar-refractivity contribution in [3.05, 3.63) is 65.2 Å². The Labute approximate surface area is 170 Å². The summed E-state index contributed by atoms with van der Waals surface area (Å²) < 4.78 is 32.0. The lowest BCUT2D eigenvalue weighted by molar-refractivity contribution is 0.184. The fraction of sp³-hybridized carbons (Fsp3) is 0.409. The molecule has 0 saturated carbocycles. The molecule has 0 spiro atoms. The molecule has 2 aromatic carbocycles. The molecule has 7 heteroatoms. The largest absolute Gasteiger partial charge is 0.494 e. The summed E-state index contributed by atoms with van der Waals surface area (Å²) >= 11 is 0. The Balaban J connectivity index is 1.65. The second-order valence-corrected chi connectivity index (χ2v) is 7.55. The highest BCUT2D eigenvalue weighted by atomic mass is 19.1. The van der Waals surface area contributed by atoms with E-state index in [0.29, 0.717) is 24.6 Å². The zero-order valence-electron chi connectivity index (χ0n) is 16.8. The van der Waals surface area contributed by atoms with Crippen molar-refractivity contribution >= 4 is 6.03 Å². The van der Waals surface area contributed by atoms with Crippen LogP contribution in [0.1, 0.15) is 17.5 Å². The Kier molecular flexibility index (Phi) is 7.04. The number of carbonyl (C=O) groups excluding carboxylic acids is 1. The quantitative estimate of drug-likeness (QED) is 0.768. The van der Waals surface area contributed by atoms with Gasteiger partial charge in [-0.05, 0) is 61.3 Å². The van der Waals surface area contributed by atoms with E-state index in [1.54, 1.807) is 29.2 Å². The van der Waals surface area contributed by atoms with E-state index in [9.17, 15) is 13.6 Å². The molecule has 1 aliphatic rings. The van der Waals surface area contributed by atoms with Crippen molar-refractivity contribution in [2.45, 2.75) is 19.5 Å². The second-order valence-electron chi connectivity index (χ2n) is 7.55. The first-order valence-electron chi connectivity index (χ1n) is 9.72. The molecule has 1 saturated heterocycles. The van der Waals surface area contributed by atoms with Gasteiger partial charge in [-0.3, -0.25) is 0 Å². The van der Waals surface area contributed by atoms with Gasteiger partial charge in [-0.1, -0.05) is 18.2 Å². The summed E-state index contributed by atoms with van der Waals surface area (Å²) in [5, 5.41) is 2.87. The van der Waals surface area contributed by atoms with Gasteiger partial charge in [0.15, 0.2) is 11.6 Å². The number of rotatable bonds is 7. The standard InChI is InChI=1S/C22H27F2N3O2/c1-26-10-9-18(13-26)15-27(14-16-3-6-19(23)7-4-16)22(28)25-12-17-5-8-21(29-2)20(24)11-17/h3-8,11,18H,9-10,12-15H2,1-2H3,(H,25,28)/t18-/m0/s1. The summed E-state index contributed by atoms with van der Waals surface area (Å²) in [6.45, 7) is 3.18. The number of carbonyl (C=O) groups is 1. The second kappa shape index (κ2) is 9.69. The fourth-order valence-electron chi connectivity index (χ4n) is 3.63. The molecule has 0 radical (unpaired) electrons. The maximum atomic E-state index is 13.9. The van der Waals surface area contributed by atoms with Crippen molar-refractivity contribution in [1.82, 2.24) is 15.1 Å². The van der Waals surface area contributed by atoms with Crippen LogP contribution in [0.25, 0.3) is 0 Å². The summed E-state index contributed by atoms with van der Waals surface area (Å²) in [5.41, 5.74) is 1.52. The Hall–Kier alpha value is -2.67. The Morgan fingerprint density at radius 2 is 1.93 bits per heavy atom. The molecular formula is C22H27F2N3O2. The predicted molar refractivity (Wildman–Crippen MR) is 108 cm³/mol. The van der Waals surface area contributed by atoms with Crippen LogP contribution in [-0.2, 0) is 13.1 Å². The predicted octanol–water partition coefficient (Wildman–Crippen LogP) is 3.64. The molecule has 5 nitrogen and oxygen atoms in total. The third-order valence-electron chi connectivity index (χ3n) is 5.20. The monoisotopic (exact) mass is 403 g/mol. The third-order valence-corrected chi connectivity index (χ3v) is 5.20. The lowest BCUT2D eigenvalue weighted by Crippen LogP contribution is -2.42. The van der Waals surface area contributed by atoms with Crippen LogP contribution in [0, 0.1) is 17.6 Å². The fourth-order valence-corrected chi connectivity index (χ4v) is 3.63. The van der Waals surface area contributed by atoms with Crippen molar-refractivity contribution in [2.24, 2.45) is 5.92 Å². The van der Waals surface area contributed by atoms with Gasteiger partial charge in [0.05, 0.1) is 7.11 Å². The number of ether oxygens (including phenoxy) is 1. The van der Waals surface area contributed by atoms with E-state index in [0.717, 1.165) is 25.1 Å². The number of likely N-dealkylation sites (tertiary alicyclic amines) is 1. The number of methoxy groups -OCH3 is 1. The van der Waals surface area contributed by atoms with Crippen LogP contribution in [0.4, 0.5) is 13.6 Å². The average molecular weight is 403 g/mol. The molecule has 3 rings (SSSR count). The molecule has 2 amide bonds. The number of amides is 2. The number of nitrogens with one attached hydrogen (secondary N) is 1. The number of halogens is 2. The Morgan fingerprint density at radius 1 is 1.21 bits per heavy atom. The van der Waals surface area contributed by atoms with Gasteiger partial charge >= 0.3 is 6.03 Å². The van der Waals surface area contributed by atoms with E-state index in [1.165, 1.54) is 25.3 Å². The highest BCUT2D eigenvalue weighted by Gasteiger charge is 2.24. The normalized spacial score (nSPS) is 16.6. The van der Waals surface area contributed by atoms with Gasteiger partial charge in [-0.2, -0.15) is 0 Å². The van der Waals surface area contributed by atoms with Gasteiger partial charge in [-0.15, -0.1) is 0 Å². The molecule has 1 N–H and O–H groups in total. The Morgan fingerprint density at radius 3 is 2.55 bits per heavy atom. The minimum absolute atomic E-state index is 0.170. The number of hydrogen-bond donors (Lipinski definition) is 1. The Bertz CT molecular complexity index is 829. The minimum Gasteiger partial charge on any atom is -0.494 e. The highest BCUT2D eigenvalue weighted by Crippen LogP contribution is 2.19. The van der Waals surface area contributed by atoms with Crippen molar-refractivity contribution in [3.8, 4) is 5.75 Å². The zero-order valence-corrected chi connectivity index (χ0v) is 16.8. The molecule has 1 aliphatic heterocycles. The van der Waals surface area contributed by atoms with Gasteiger partial charge in [0, 0.05) is 26.2 Å². The van der Waals surface area contributed by atoms with Crippen LogP contribution in [0.3, 0.4) is 0 Å². The highest BCUT2D eigenvalue weighted by molar-refractivity contribution is 5.74. The van der Waals surface area contributed by atoms with E-state index in [2.05, 4.69) is 17.3 Å². The lowest BCUT2D eigenvalue weighted by Gasteiger charge is -2.26. The van der Waals surface area contributed by atoms with Gasteiger partial charge < -0.3 is 19.9 Å². The van der Waals surface area contributed by atoms with Gasteiger partial charge in [0.2, 0.25) is 0 Å². The molecular weight excluding hydrogens is 376 g/mol. The van der Waals surface area contributed by atoms with Crippen LogP contribution in [0.5, 0.6) is 5.75 Å². The van der Waals surface area contributed by atoms with Crippen LogP contribution in [-0.4, -0.2) is 49.6 Å². The molecule has 2 aromatic rings. The lowest BCUT2D eigenvalue weighted by atomic mass is 10.1. The average Bonchev–Trinajstić information content (AvgIpc) is 3.12.